The number of aliphatic hydroxyl groups excluding tert-OH is 1. The average Bonchev–Trinajstić information content (AvgIpc) is 2.75. The van der Waals surface area contributed by atoms with E-state index in [-0.39, 0.29) is 6.61 Å². The summed E-state index contributed by atoms with van der Waals surface area (Å²) in [6.07, 6.45) is 4.08. The van der Waals surface area contributed by atoms with E-state index in [1.807, 2.05) is 90.1 Å². The van der Waals surface area contributed by atoms with Gasteiger partial charge in [-0.1, -0.05) is 141 Å². The Morgan fingerprint density at radius 3 is 1.12 bits per heavy atom. The number of benzene rings is 2. The third kappa shape index (κ3) is 30.3. The molecule has 0 bridgehead atoms. The van der Waals surface area contributed by atoms with E-state index in [2.05, 4.69) is 32.9 Å². The molecule has 0 fully saturated rings. The molecule has 0 heterocycles. The average molecular weight is 363 g/mol. The lowest BCUT2D eigenvalue weighted by Crippen LogP contribution is -1.77. The Balaban J connectivity index is -0.000000124. The van der Waals surface area contributed by atoms with E-state index in [0.717, 1.165) is 5.56 Å². The predicted molar refractivity (Wildman–Crippen MR) is 123 cm³/mol. The SMILES string of the molecule is CC.CC.CC.CCCCC.Cc1ccccc1.OCc1ccccc1. The molecule has 1 heteroatoms. The summed E-state index contributed by atoms with van der Waals surface area (Å²) in [5.74, 6) is 0. The first-order chi connectivity index (χ1) is 12.7. The number of rotatable bonds is 3. The highest BCUT2D eigenvalue weighted by Crippen LogP contribution is 1.95. The fourth-order valence-corrected chi connectivity index (χ4v) is 1.47. The molecule has 2 aromatic carbocycles. The molecule has 0 atom stereocenters. The van der Waals surface area contributed by atoms with Crippen molar-refractivity contribution >= 4 is 0 Å². The second kappa shape index (κ2) is 34.7. The molecule has 0 saturated heterocycles. The molecule has 0 amide bonds. The summed E-state index contributed by atoms with van der Waals surface area (Å²) in [5, 5.41) is 8.54. The zero-order valence-electron chi connectivity index (χ0n) is 19.0. The van der Waals surface area contributed by atoms with Crippen LogP contribution in [-0.2, 0) is 6.61 Å². The summed E-state index contributed by atoms with van der Waals surface area (Å²) in [7, 11) is 0. The maximum Gasteiger partial charge on any atom is 0.0681 e. The first-order valence-electron chi connectivity index (χ1n) is 10.4. The predicted octanol–water partition coefficient (Wildman–Crippen LogP) is 8.45. The van der Waals surface area contributed by atoms with Crippen molar-refractivity contribution in [3.05, 3.63) is 71.8 Å². The van der Waals surface area contributed by atoms with Gasteiger partial charge in [0.1, 0.15) is 0 Å². The fourth-order valence-electron chi connectivity index (χ4n) is 1.47. The molecule has 2 rings (SSSR count). The topological polar surface area (TPSA) is 20.2 Å². The minimum atomic E-state index is 0.140. The maximum absolute atomic E-state index is 8.54. The minimum Gasteiger partial charge on any atom is -0.392 e. The van der Waals surface area contributed by atoms with Gasteiger partial charge < -0.3 is 5.11 Å². The zero-order valence-corrected chi connectivity index (χ0v) is 19.0. The first kappa shape index (κ1) is 32.1. The number of aliphatic hydroxyl groups is 1. The Labute approximate surface area is 165 Å². The van der Waals surface area contributed by atoms with Crippen LogP contribution in [-0.4, -0.2) is 5.11 Å². The van der Waals surface area contributed by atoms with Crippen LogP contribution in [0.5, 0.6) is 0 Å². The quantitative estimate of drug-likeness (QED) is 0.580. The summed E-state index contributed by atoms with van der Waals surface area (Å²) in [6, 6.07) is 19.8. The van der Waals surface area contributed by atoms with Crippen LogP contribution in [0.25, 0.3) is 0 Å². The van der Waals surface area contributed by atoms with Crippen molar-refractivity contribution in [2.24, 2.45) is 0 Å². The standard InChI is InChI=1S/C7H8O.C7H8.C5H12.3C2H6/c8-6-7-4-2-1-3-5-7;1-7-5-3-2-4-6-7;1-3-5-4-2;3*1-2/h1-5,8H,6H2;2-6H,1H3;3-5H2,1-2H3;3*1-2H3. The molecule has 152 valence electrons. The van der Waals surface area contributed by atoms with E-state index >= 15 is 0 Å². The van der Waals surface area contributed by atoms with Gasteiger partial charge in [-0.25, -0.2) is 0 Å². The monoisotopic (exact) mass is 362 g/mol. The molecule has 26 heavy (non-hydrogen) atoms. The van der Waals surface area contributed by atoms with Crippen LogP contribution < -0.4 is 0 Å². The van der Waals surface area contributed by atoms with Crippen molar-refractivity contribution in [3.63, 3.8) is 0 Å². The molecule has 0 aromatic heterocycles. The number of aryl methyl sites for hydroxylation is 1. The number of hydrogen-bond donors (Lipinski definition) is 1. The minimum absolute atomic E-state index is 0.140. The van der Waals surface area contributed by atoms with E-state index < -0.39 is 0 Å². The Hall–Kier alpha value is -1.60. The van der Waals surface area contributed by atoms with Crippen molar-refractivity contribution in [3.8, 4) is 0 Å². The fraction of sp³-hybridized carbons (Fsp3) is 0.520. The van der Waals surface area contributed by atoms with Crippen LogP contribution in [0.3, 0.4) is 0 Å². The Kier molecular flexibility index (Phi) is 42.8. The Morgan fingerprint density at radius 2 is 0.962 bits per heavy atom. The van der Waals surface area contributed by atoms with E-state index in [1.165, 1.54) is 24.8 Å². The summed E-state index contributed by atoms with van der Waals surface area (Å²) in [6.45, 7) is 18.6. The first-order valence-corrected chi connectivity index (χ1v) is 10.4. The van der Waals surface area contributed by atoms with E-state index in [0.29, 0.717) is 0 Å². The highest BCUT2D eigenvalue weighted by molar-refractivity contribution is 5.13. The van der Waals surface area contributed by atoms with Gasteiger partial charge in [0.05, 0.1) is 6.61 Å². The molecular formula is C25H46O. The summed E-state index contributed by atoms with van der Waals surface area (Å²) < 4.78 is 0. The molecule has 0 aliphatic heterocycles. The molecule has 1 N–H and O–H groups in total. The molecule has 0 radical (unpaired) electrons. The zero-order chi connectivity index (χ0) is 21.1. The van der Waals surface area contributed by atoms with Gasteiger partial charge in [0.15, 0.2) is 0 Å². The number of hydrogen-bond acceptors (Lipinski definition) is 1. The van der Waals surface area contributed by atoms with Crippen molar-refractivity contribution in [1.82, 2.24) is 0 Å². The molecule has 0 aliphatic rings. The summed E-state index contributed by atoms with van der Waals surface area (Å²) in [4.78, 5) is 0. The van der Waals surface area contributed by atoms with Gasteiger partial charge in [-0.3, -0.25) is 0 Å². The third-order valence-corrected chi connectivity index (χ3v) is 2.67. The van der Waals surface area contributed by atoms with Crippen LogP contribution in [0.15, 0.2) is 60.7 Å². The largest absolute Gasteiger partial charge is 0.392 e. The van der Waals surface area contributed by atoms with Gasteiger partial charge in [-0.05, 0) is 12.5 Å². The highest BCUT2D eigenvalue weighted by atomic mass is 16.3. The molecular weight excluding hydrogens is 316 g/mol. The molecule has 2 aromatic rings. The number of unbranched alkanes of at least 4 members (excludes halogenated alkanes) is 2. The van der Waals surface area contributed by atoms with Gasteiger partial charge in [-0.2, -0.15) is 0 Å². The second-order valence-corrected chi connectivity index (χ2v) is 4.65. The summed E-state index contributed by atoms with van der Waals surface area (Å²) in [5.41, 5.74) is 2.29. The van der Waals surface area contributed by atoms with Gasteiger partial charge in [0, 0.05) is 0 Å². The van der Waals surface area contributed by atoms with Crippen molar-refractivity contribution in [2.45, 2.75) is 88.2 Å². The lowest BCUT2D eigenvalue weighted by atomic mass is 10.2. The Morgan fingerprint density at radius 1 is 0.615 bits per heavy atom. The normalized spacial score (nSPS) is 7.46. The van der Waals surface area contributed by atoms with Crippen molar-refractivity contribution in [1.29, 1.82) is 0 Å². The smallest absolute Gasteiger partial charge is 0.0681 e. The third-order valence-electron chi connectivity index (χ3n) is 2.67. The molecule has 0 aliphatic carbocycles. The van der Waals surface area contributed by atoms with E-state index in [4.69, 9.17) is 5.11 Å². The second-order valence-electron chi connectivity index (χ2n) is 4.65. The van der Waals surface area contributed by atoms with Gasteiger partial charge >= 0.3 is 0 Å². The highest BCUT2D eigenvalue weighted by Gasteiger charge is 1.81. The van der Waals surface area contributed by atoms with Gasteiger partial charge in [0.25, 0.3) is 0 Å². The van der Waals surface area contributed by atoms with Crippen molar-refractivity contribution in [2.75, 3.05) is 0 Å². The lowest BCUT2D eigenvalue weighted by Gasteiger charge is -1.89. The van der Waals surface area contributed by atoms with E-state index in [9.17, 15) is 0 Å². The summed E-state index contributed by atoms with van der Waals surface area (Å²) >= 11 is 0. The van der Waals surface area contributed by atoms with Crippen LogP contribution >= 0.6 is 0 Å². The molecule has 1 nitrogen and oxygen atoms in total. The van der Waals surface area contributed by atoms with Crippen molar-refractivity contribution < 1.29 is 5.11 Å². The molecule has 0 unspecified atom stereocenters. The van der Waals surface area contributed by atoms with Gasteiger partial charge in [0.2, 0.25) is 0 Å². The van der Waals surface area contributed by atoms with Crippen LogP contribution in [0.2, 0.25) is 0 Å². The van der Waals surface area contributed by atoms with Crippen LogP contribution in [0.1, 0.15) is 85.8 Å². The maximum atomic E-state index is 8.54. The van der Waals surface area contributed by atoms with Crippen LogP contribution in [0, 0.1) is 6.92 Å². The molecule has 0 spiro atoms. The van der Waals surface area contributed by atoms with Crippen LogP contribution in [0.4, 0.5) is 0 Å². The van der Waals surface area contributed by atoms with E-state index in [1.54, 1.807) is 0 Å². The Bertz CT molecular complexity index is 393. The van der Waals surface area contributed by atoms with Gasteiger partial charge in [-0.15, -0.1) is 0 Å². The molecule has 0 saturated carbocycles. The lowest BCUT2D eigenvalue weighted by molar-refractivity contribution is 0.282.